The summed E-state index contributed by atoms with van der Waals surface area (Å²) in [5.74, 6) is -2.10. The van der Waals surface area contributed by atoms with Gasteiger partial charge in [0.2, 0.25) is 17.7 Å². The molecule has 0 bridgehead atoms. The molecular formula is C21H19Cl2F3N4O3. The molecule has 1 saturated heterocycles. The SMILES string of the molecule is CC(C)(C(=O)NCc1cc(Cl)c(C2CCC(=O)NC2=O)c(Cl)c1)c1ncc(C(F)(F)F)cn1. The van der Waals surface area contributed by atoms with Crippen molar-refractivity contribution in [3.63, 3.8) is 0 Å². The normalized spacial score (nSPS) is 17.0. The van der Waals surface area contributed by atoms with Crippen molar-refractivity contribution in [1.82, 2.24) is 20.6 Å². The number of halogens is 5. The van der Waals surface area contributed by atoms with Gasteiger partial charge in [-0.2, -0.15) is 13.2 Å². The van der Waals surface area contributed by atoms with E-state index in [4.69, 9.17) is 23.2 Å². The largest absolute Gasteiger partial charge is 0.419 e. The number of hydrogen-bond donors (Lipinski definition) is 2. The van der Waals surface area contributed by atoms with Gasteiger partial charge in [0.25, 0.3) is 0 Å². The number of hydrogen-bond acceptors (Lipinski definition) is 5. The van der Waals surface area contributed by atoms with Gasteiger partial charge >= 0.3 is 6.18 Å². The zero-order valence-electron chi connectivity index (χ0n) is 17.5. The highest BCUT2D eigenvalue weighted by Crippen LogP contribution is 2.37. The summed E-state index contributed by atoms with van der Waals surface area (Å²) in [6.07, 6.45) is -2.87. The predicted octanol–water partition coefficient (Wildman–Crippen LogP) is 3.92. The first-order chi connectivity index (χ1) is 15.3. The zero-order chi connectivity index (χ0) is 24.6. The van der Waals surface area contributed by atoms with Crippen LogP contribution < -0.4 is 10.6 Å². The molecule has 33 heavy (non-hydrogen) atoms. The monoisotopic (exact) mass is 502 g/mol. The number of nitrogens with one attached hydrogen (secondary N) is 2. The average molecular weight is 503 g/mol. The van der Waals surface area contributed by atoms with E-state index in [2.05, 4.69) is 20.6 Å². The number of imide groups is 1. The maximum atomic E-state index is 12.7. The Morgan fingerprint density at radius 2 is 1.73 bits per heavy atom. The summed E-state index contributed by atoms with van der Waals surface area (Å²) in [7, 11) is 0. The molecule has 0 aliphatic carbocycles. The standard InChI is InChI=1S/C21H19Cl2F3N4O3/c1-20(2,18-27-8-11(9-28-18)21(24,25)26)19(33)29-7-10-5-13(22)16(14(23)6-10)12-3-4-15(31)30-17(12)32/h5-6,8-9,12H,3-4,7H2,1-2H3,(H,29,33)(H,30,31,32). The van der Waals surface area contributed by atoms with E-state index in [-0.39, 0.29) is 41.2 Å². The first-order valence-electron chi connectivity index (χ1n) is 9.80. The van der Waals surface area contributed by atoms with E-state index >= 15 is 0 Å². The minimum atomic E-state index is -4.58. The number of benzene rings is 1. The molecule has 176 valence electrons. The molecule has 3 rings (SSSR count). The molecule has 0 spiro atoms. The number of nitrogens with zero attached hydrogens (tertiary/aromatic N) is 2. The van der Waals surface area contributed by atoms with Crippen molar-refractivity contribution in [2.45, 2.75) is 50.7 Å². The highest BCUT2D eigenvalue weighted by molar-refractivity contribution is 6.36. The molecule has 1 aliphatic rings. The number of amides is 3. The van der Waals surface area contributed by atoms with Crippen molar-refractivity contribution in [1.29, 1.82) is 0 Å². The van der Waals surface area contributed by atoms with E-state index in [0.717, 1.165) is 0 Å². The van der Waals surface area contributed by atoms with Crippen LogP contribution in [-0.2, 0) is 32.5 Å². The number of carbonyl (C=O) groups is 3. The third kappa shape index (κ3) is 5.44. The lowest BCUT2D eigenvalue weighted by molar-refractivity contribution is -0.138. The number of aromatic nitrogens is 2. The summed E-state index contributed by atoms with van der Waals surface area (Å²) in [6.45, 7) is 2.98. The fourth-order valence-corrected chi connectivity index (χ4v) is 4.14. The molecule has 1 unspecified atom stereocenters. The van der Waals surface area contributed by atoms with Crippen molar-refractivity contribution in [3.8, 4) is 0 Å². The lowest BCUT2D eigenvalue weighted by Crippen LogP contribution is -2.41. The second-order valence-corrected chi connectivity index (χ2v) is 8.89. The molecule has 1 aliphatic heterocycles. The highest BCUT2D eigenvalue weighted by atomic mass is 35.5. The third-order valence-corrected chi connectivity index (χ3v) is 5.91. The summed E-state index contributed by atoms with van der Waals surface area (Å²) < 4.78 is 38.1. The fraction of sp³-hybridized carbons (Fsp3) is 0.381. The van der Waals surface area contributed by atoms with Crippen molar-refractivity contribution >= 4 is 40.9 Å². The summed E-state index contributed by atoms with van der Waals surface area (Å²) in [5, 5.41) is 5.35. The maximum Gasteiger partial charge on any atom is 0.419 e. The van der Waals surface area contributed by atoms with Gasteiger partial charge in [-0.1, -0.05) is 23.2 Å². The van der Waals surface area contributed by atoms with Crippen LogP contribution in [0, 0.1) is 0 Å². The van der Waals surface area contributed by atoms with E-state index in [1.54, 1.807) is 12.1 Å². The van der Waals surface area contributed by atoms with Crippen molar-refractivity contribution in [3.05, 3.63) is 57.1 Å². The average Bonchev–Trinajstić information content (AvgIpc) is 2.72. The van der Waals surface area contributed by atoms with E-state index in [9.17, 15) is 27.6 Å². The highest BCUT2D eigenvalue weighted by Gasteiger charge is 2.36. The topological polar surface area (TPSA) is 101 Å². The number of carbonyl (C=O) groups excluding carboxylic acids is 3. The van der Waals surface area contributed by atoms with Gasteiger partial charge < -0.3 is 5.32 Å². The van der Waals surface area contributed by atoms with Crippen LogP contribution >= 0.6 is 23.2 Å². The minimum absolute atomic E-state index is 0.0119. The number of piperidine rings is 1. The van der Waals surface area contributed by atoms with E-state index in [1.807, 2.05) is 0 Å². The molecule has 2 heterocycles. The Morgan fingerprint density at radius 3 is 2.24 bits per heavy atom. The van der Waals surface area contributed by atoms with Crippen molar-refractivity contribution in [2.24, 2.45) is 0 Å². The molecule has 12 heteroatoms. The van der Waals surface area contributed by atoms with E-state index in [0.29, 0.717) is 23.5 Å². The quantitative estimate of drug-likeness (QED) is 0.603. The Hall–Kier alpha value is -2.72. The van der Waals surface area contributed by atoms with Gasteiger partial charge in [-0.3, -0.25) is 19.7 Å². The fourth-order valence-electron chi connectivity index (χ4n) is 3.34. The summed E-state index contributed by atoms with van der Waals surface area (Å²) >= 11 is 12.7. The van der Waals surface area contributed by atoms with E-state index < -0.39 is 34.9 Å². The molecule has 3 amide bonds. The van der Waals surface area contributed by atoms with Gasteiger partial charge in [-0.15, -0.1) is 0 Å². The Balaban J connectivity index is 1.72. The van der Waals surface area contributed by atoms with Crippen LogP contribution in [0.1, 0.15) is 55.1 Å². The lowest BCUT2D eigenvalue weighted by atomic mass is 9.89. The van der Waals surface area contributed by atoms with Gasteiger partial charge in [-0.05, 0) is 38.0 Å². The molecule has 1 aromatic carbocycles. The number of rotatable bonds is 5. The van der Waals surface area contributed by atoms with E-state index in [1.165, 1.54) is 13.8 Å². The second kappa shape index (κ2) is 9.26. The molecule has 0 radical (unpaired) electrons. The summed E-state index contributed by atoms with van der Waals surface area (Å²) in [4.78, 5) is 43.6. The van der Waals surface area contributed by atoms with Crippen LogP contribution in [0.2, 0.25) is 10.0 Å². The second-order valence-electron chi connectivity index (χ2n) is 8.08. The first-order valence-corrected chi connectivity index (χ1v) is 10.6. The maximum absolute atomic E-state index is 12.7. The Labute approximate surface area is 197 Å². The van der Waals surface area contributed by atoms with Crippen LogP contribution in [-0.4, -0.2) is 27.7 Å². The molecular weight excluding hydrogens is 484 g/mol. The van der Waals surface area contributed by atoms with Crippen LogP contribution in [0.25, 0.3) is 0 Å². The molecule has 1 atom stereocenters. The summed E-state index contributed by atoms with van der Waals surface area (Å²) in [6, 6.07) is 3.10. The molecule has 0 saturated carbocycles. The van der Waals surface area contributed by atoms with Gasteiger partial charge in [0.15, 0.2) is 0 Å². The third-order valence-electron chi connectivity index (χ3n) is 5.29. The molecule has 1 fully saturated rings. The Morgan fingerprint density at radius 1 is 1.15 bits per heavy atom. The zero-order valence-corrected chi connectivity index (χ0v) is 19.0. The van der Waals surface area contributed by atoms with Gasteiger partial charge in [0.05, 0.1) is 11.5 Å². The Kier molecular flexibility index (Phi) is 6.99. The summed E-state index contributed by atoms with van der Waals surface area (Å²) in [5.41, 5.74) is -1.39. The minimum Gasteiger partial charge on any atom is -0.351 e. The van der Waals surface area contributed by atoms with Gasteiger partial charge in [0, 0.05) is 41.0 Å². The first kappa shape index (κ1) is 24.9. The van der Waals surface area contributed by atoms with Crippen molar-refractivity contribution in [2.75, 3.05) is 0 Å². The van der Waals surface area contributed by atoms with Crippen LogP contribution in [0.4, 0.5) is 13.2 Å². The van der Waals surface area contributed by atoms with Crippen molar-refractivity contribution < 1.29 is 27.6 Å². The molecule has 1 aromatic heterocycles. The van der Waals surface area contributed by atoms with Crippen LogP contribution in [0.15, 0.2) is 24.5 Å². The molecule has 2 N–H and O–H groups in total. The molecule has 2 aromatic rings. The van der Waals surface area contributed by atoms with Gasteiger partial charge in [0.1, 0.15) is 11.2 Å². The molecule has 7 nitrogen and oxygen atoms in total. The van der Waals surface area contributed by atoms with Crippen LogP contribution in [0.5, 0.6) is 0 Å². The smallest absolute Gasteiger partial charge is 0.351 e. The predicted molar refractivity (Wildman–Crippen MR) is 113 cm³/mol. The van der Waals surface area contributed by atoms with Gasteiger partial charge in [-0.25, -0.2) is 9.97 Å². The number of alkyl halides is 3. The Bertz CT molecular complexity index is 1080. The van der Waals surface area contributed by atoms with Crippen LogP contribution in [0.3, 0.4) is 0 Å². The lowest BCUT2D eigenvalue weighted by Gasteiger charge is -2.24.